The van der Waals surface area contributed by atoms with Gasteiger partial charge in [-0.25, -0.2) is 4.79 Å². The molecule has 11 heteroatoms. The molecule has 0 radical (unpaired) electrons. The van der Waals surface area contributed by atoms with Crippen LogP contribution in [0.3, 0.4) is 0 Å². The molecule has 32 heavy (non-hydrogen) atoms. The number of carbonyl (C=O) groups is 4. The second-order valence-corrected chi connectivity index (χ2v) is 7.22. The minimum absolute atomic E-state index is 0.0709. The van der Waals surface area contributed by atoms with Crippen LogP contribution in [0.15, 0.2) is 30.3 Å². The van der Waals surface area contributed by atoms with Crippen molar-refractivity contribution in [1.82, 2.24) is 10.6 Å². The number of nitrogens with one attached hydrogen (secondary N) is 2. The van der Waals surface area contributed by atoms with Crippen molar-refractivity contribution in [3.8, 4) is 0 Å². The smallest absolute Gasteiger partial charge is 0.332 e. The van der Waals surface area contributed by atoms with E-state index >= 15 is 0 Å². The second-order valence-electron chi connectivity index (χ2n) is 7.22. The topological polar surface area (TPSA) is 149 Å². The van der Waals surface area contributed by atoms with Crippen LogP contribution >= 0.6 is 0 Å². The highest BCUT2D eigenvalue weighted by atomic mass is 16.7. The molecule has 11 nitrogen and oxygen atoms in total. The zero-order chi connectivity index (χ0) is 23.8. The summed E-state index contributed by atoms with van der Waals surface area (Å²) in [5, 5.41) is 14.4. The van der Waals surface area contributed by atoms with Gasteiger partial charge in [0.15, 0.2) is 24.6 Å². The second kappa shape index (κ2) is 11.6. The van der Waals surface area contributed by atoms with Gasteiger partial charge in [0.2, 0.25) is 5.91 Å². The van der Waals surface area contributed by atoms with Crippen LogP contribution in [0.2, 0.25) is 0 Å². The van der Waals surface area contributed by atoms with Crippen molar-refractivity contribution in [2.24, 2.45) is 0 Å². The lowest BCUT2D eigenvalue weighted by Crippen LogP contribution is -2.68. The van der Waals surface area contributed by atoms with Gasteiger partial charge in [-0.05, 0) is 12.5 Å². The van der Waals surface area contributed by atoms with Crippen LogP contribution in [0.1, 0.15) is 26.3 Å². The number of benzene rings is 1. The lowest BCUT2D eigenvalue weighted by atomic mass is 9.95. The van der Waals surface area contributed by atoms with Gasteiger partial charge in [0.25, 0.3) is 5.91 Å². The first-order valence-corrected chi connectivity index (χ1v) is 9.99. The Bertz CT molecular complexity index is 817. The Morgan fingerprint density at radius 2 is 1.78 bits per heavy atom. The molecule has 1 saturated heterocycles. The van der Waals surface area contributed by atoms with E-state index in [0.717, 1.165) is 12.5 Å². The molecule has 0 unspecified atom stereocenters. The van der Waals surface area contributed by atoms with Crippen molar-refractivity contribution in [3.05, 3.63) is 35.9 Å². The number of aliphatic carboxylic acids is 1. The minimum atomic E-state index is -1.37. The number of likely N-dealkylation sites (N-methyl/N-ethyl adjacent to an activating group) is 1. The average molecular weight is 452 g/mol. The van der Waals surface area contributed by atoms with E-state index in [1.54, 1.807) is 0 Å². The predicted octanol–water partition coefficient (Wildman–Crippen LogP) is -0.0312. The van der Waals surface area contributed by atoms with E-state index in [-0.39, 0.29) is 6.61 Å². The zero-order valence-electron chi connectivity index (χ0n) is 18.3. The van der Waals surface area contributed by atoms with Crippen LogP contribution in [0.5, 0.6) is 0 Å². The molecule has 0 aliphatic carbocycles. The van der Waals surface area contributed by atoms with Gasteiger partial charge in [-0.3, -0.25) is 14.4 Å². The van der Waals surface area contributed by atoms with Crippen LogP contribution in [0, 0.1) is 0 Å². The molecule has 1 heterocycles. The summed E-state index contributed by atoms with van der Waals surface area (Å²) >= 11 is 0. The third-order valence-electron chi connectivity index (χ3n) is 4.69. The van der Waals surface area contributed by atoms with Crippen molar-refractivity contribution in [2.45, 2.75) is 64.1 Å². The van der Waals surface area contributed by atoms with Gasteiger partial charge in [0.1, 0.15) is 12.1 Å². The van der Waals surface area contributed by atoms with Crippen LogP contribution in [-0.4, -0.2) is 72.7 Å². The molecule has 176 valence electrons. The highest BCUT2D eigenvalue weighted by Gasteiger charge is 2.52. The molecule has 6 atom stereocenters. The van der Waals surface area contributed by atoms with Gasteiger partial charge in [0, 0.05) is 20.9 Å². The monoisotopic (exact) mass is 452 g/mol. The van der Waals surface area contributed by atoms with Crippen molar-refractivity contribution in [2.75, 3.05) is 7.05 Å². The number of hydrogen-bond donors (Lipinski definition) is 3. The number of carboxylic acid groups (broad SMARTS) is 1. The van der Waals surface area contributed by atoms with Gasteiger partial charge in [-0.1, -0.05) is 30.3 Å². The van der Waals surface area contributed by atoms with Crippen LogP contribution in [0.25, 0.3) is 0 Å². The van der Waals surface area contributed by atoms with E-state index in [1.165, 1.54) is 20.9 Å². The maximum Gasteiger partial charge on any atom is 0.332 e. The lowest BCUT2D eigenvalue weighted by molar-refractivity contribution is -0.277. The van der Waals surface area contributed by atoms with E-state index in [1.807, 2.05) is 30.3 Å². The molecule has 1 aliphatic rings. The van der Waals surface area contributed by atoms with E-state index in [4.69, 9.17) is 18.9 Å². The Hall–Kier alpha value is -3.02. The molecule has 1 aromatic rings. The summed E-state index contributed by atoms with van der Waals surface area (Å²) in [6.07, 6.45) is -6.53. The Balaban J connectivity index is 2.43. The van der Waals surface area contributed by atoms with Crippen molar-refractivity contribution in [3.63, 3.8) is 0 Å². The van der Waals surface area contributed by atoms with Crippen molar-refractivity contribution >= 4 is 23.8 Å². The number of ether oxygens (including phenoxy) is 4. The normalized spacial score (nSPS) is 25.9. The third kappa shape index (κ3) is 6.74. The zero-order valence-corrected chi connectivity index (χ0v) is 18.3. The lowest BCUT2D eigenvalue weighted by Gasteiger charge is -2.45. The molecule has 2 rings (SSSR count). The fourth-order valence-corrected chi connectivity index (χ4v) is 3.25. The Kier molecular flexibility index (Phi) is 9.12. The quantitative estimate of drug-likeness (QED) is 0.439. The molecule has 1 fully saturated rings. The summed E-state index contributed by atoms with van der Waals surface area (Å²) in [6, 6.07) is 8.02. The van der Waals surface area contributed by atoms with E-state index in [0.29, 0.717) is 0 Å². The van der Waals surface area contributed by atoms with Crippen molar-refractivity contribution < 1.29 is 43.2 Å². The van der Waals surface area contributed by atoms with Crippen LogP contribution < -0.4 is 10.6 Å². The molecule has 2 amide bonds. The minimum Gasteiger partial charge on any atom is -0.479 e. The van der Waals surface area contributed by atoms with E-state index < -0.39 is 60.5 Å². The Labute approximate surface area is 185 Å². The van der Waals surface area contributed by atoms with E-state index in [9.17, 15) is 24.3 Å². The molecule has 0 bridgehead atoms. The molecule has 1 aliphatic heterocycles. The molecule has 3 N–H and O–H groups in total. The summed E-state index contributed by atoms with van der Waals surface area (Å²) in [6.45, 7) is 3.73. The SMILES string of the molecule is CNC(=O)[C@H]1O[C@H](OCc2ccccc2)[C@H](NC(C)=O)[C@@H](O[C@H](C)C(=O)O)[C@@H]1OC(C)=O. The van der Waals surface area contributed by atoms with Gasteiger partial charge >= 0.3 is 11.9 Å². The average Bonchev–Trinajstić information content (AvgIpc) is 2.74. The van der Waals surface area contributed by atoms with Gasteiger partial charge in [-0.15, -0.1) is 0 Å². The highest BCUT2D eigenvalue weighted by Crippen LogP contribution is 2.29. The van der Waals surface area contributed by atoms with E-state index in [2.05, 4.69) is 10.6 Å². The first kappa shape index (κ1) is 25.2. The largest absolute Gasteiger partial charge is 0.479 e. The van der Waals surface area contributed by atoms with Gasteiger partial charge in [-0.2, -0.15) is 0 Å². The maximum absolute atomic E-state index is 12.5. The summed E-state index contributed by atoms with van der Waals surface area (Å²) in [5.74, 6) is -3.14. The number of carbonyl (C=O) groups excluding carboxylic acids is 3. The molecule has 0 aromatic heterocycles. The number of amides is 2. The number of carboxylic acids is 1. The fraction of sp³-hybridized carbons (Fsp3) is 0.524. The molecule has 0 spiro atoms. The Morgan fingerprint density at radius 3 is 2.31 bits per heavy atom. The standard InChI is InChI=1S/C21H28N2O9/c1-11(20(27)28)30-16-15(23-12(2)24)21(29-10-14-8-6-5-7-9-14)32-18(19(26)22-4)17(16)31-13(3)25/h5-9,11,15-18,21H,10H2,1-4H3,(H,22,26)(H,23,24)(H,27,28)/t11-,15-,16-,17+,18+,21+/m1/s1. The molecular formula is C21H28N2O9. The van der Waals surface area contributed by atoms with Gasteiger partial charge in [0.05, 0.1) is 6.61 Å². The molecule has 0 saturated carbocycles. The predicted molar refractivity (Wildman–Crippen MR) is 109 cm³/mol. The number of esters is 1. The number of hydrogen-bond acceptors (Lipinski definition) is 8. The number of rotatable bonds is 9. The highest BCUT2D eigenvalue weighted by molar-refractivity contribution is 5.82. The molecule has 1 aromatic carbocycles. The molecular weight excluding hydrogens is 424 g/mol. The van der Waals surface area contributed by atoms with Crippen molar-refractivity contribution in [1.29, 1.82) is 0 Å². The third-order valence-corrected chi connectivity index (χ3v) is 4.69. The Morgan fingerprint density at radius 1 is 1.12 bits per heavy atom. The summed E-state index contributed by atoms with van der Waals surface area (Å²) in [5.41, 5.74) is 0.799. The first-order chi connectivity index (χ1) is 15.1. The summed E-state index contributed by atoms with van der Waals surface area (Å²) < 4.78 is 22.6. The fourth-order valence-electron chi connectivity index (χ4n) is 3.25. The van der Waals surface area contributed by atoms with Gasteiger partial charge < -0.3 is 34.7 Å². The summed E-state index contributed by atoms with van der Waals surface area (Å²) in [4.78, 5) is 47.6. The van der Waals surface area contributed by atoms with Crippen LogP contribution in [-0.2, 0) is 44.7 Å². The summed E-state index contributed by atoms with van der Waals surface area (Å²) in [7, 11) is 1.37. The van der Waals surface area contributed by atoms with Crippen LogP contribution in [0.4, 0.5) is 0 Å². The maximum atomic E-state index is 12.5. The first-order valence-electron chi connectivity index (χ1n) is 9.99.